The number of aromatic nitrogens is 3. The zero-order valence-corrected chi connectivity index (χ0v) is 15.6. The second-order valence-corrected chi connectivity index (χ2v) is 6.99. The Morgan fingerprint density at radius 2 is 2.15 bits per heavy atom. The highest BCUT2D eigenvalue weighted by Crippen LogP contribution is 2.20. The lowest BCUT2D eigenvalue weighted by molar-refractivity contribution is -0.120. The minimum absolute atomic E-state index is 0.0506. The summed E-state index contributed by atoms with van der Waals surface area (Å²) >= 11 is 1.65. The van der Waals surface area contributed by atoms with Crippen LogP contribution in [0.5, 0.6) is 0 Å². The molecule has 0 saturated heterocycles. The molecule has 0 spiro atoms. The first-order valence-corrected chi connectivity index (χ1v) is 9.37. The lowest BCUT2D eigenvalue weighted by Crippen LogP contribution is -2.37. The summed E-state index contributed by atoms with van der Waals surface area (Å²) in [6.45, 7) is 4.97. The number of nitrogens with one attached hydrogen (secondary N) is 2. The number of thiophene rings is 1. The largest absolute Gasteiger partial charge is 0.355 e. The first-order valence-electron chi connectivity index (χ1n) is 8.49. The highest BCUT2D eigenvalue weighted by molar-refractivity contribution is 7.09. The Hall–Kier alpha value is -2.74. The molecule has 3 aromatic heterocycles. The van der Waals surface area contributed by atoms with Crippen molar-refractivity contribution >= 4 is 34.2 Å². The van der Waals surface area contributed by atoms with E-state index in [0.717, 1.165) is 17.0 Å². The molecule has 0 atom stereocenters. The van der Waals surface area contributed by atoms with Crippen molar-refractivity contribution in [3.05, 3.63) is 45.9 Å². The monoisotopic (exact) mass is 371 g/mol. The topological polar surface area (TPSA) is 88.9 Å². The standard InChI is InChI=1S/C18H21N5O2S/c1-3-6-19-16(24)10-20-18(25)14-8-12(2)22-17-15(14)9-21-23(17)11-13-5-4-7-26-13/h4-5,7-9H,3,6,10-11H2,1-2H3,(H,19,24)(H,20,25). The van der Waals surface area contributed by atoms with Gasteiger partial charge in [-0.3, -0.25) is 9.59 Å². The number of carbonyl (C=O) groups is 2. The zero-order chi connectivity index (χ0) is 18.5. The van der Waals surface area contributed by atoms with Crippen LogP contribution in [0.25, 0.3) is 11.0 Å². The van der Waals surface area contributed by atoms with Crippen LogP contribution in [0.15, 0.2) is 29.8 Å². The van der Waals surface area contributed by atoms with Gasteiger partial charge in [-0.05, 0) is 30.9 Å². The fraction of sp³-hybridized carbons (Fsp3) is 0.333. The van der Waals surface area contributed by atoms with Crippen LogP contribution in [0.2, 0.25) is 0 Å². The molecular weight excluding hydrogens is 350 g/mol. The molecule has 26 heavy (non-hydrogen) atoms. The lowest BCUT2D eigenvalue weighted by Gasteiger charge is -2.08. The first kappa shape index (κ1) is 18.1. The van der Waals surface area contributed by atoms with E-state index in [1.54, 1.807) is 28.3 Å². The molecule has 3 heterocycles. The van der Waals surface area contributed by atoms with E-state index in [4.69, 9.17) is 0 Å². The van der Waals surface area contributed by atoms with Gasteiger partial charge in [-0.1, -0.05) is 13.0 Å². The number of rotatable bonds is 7. The number of amides is 2. The number of nitrogens with zero attached hydrogens (tertiary/aromatic N) is 3. The maximum absolute atomic E-state index is 12.6. The summed E-state index contributed by atoms with van der Waals surface area (Å²) in [6.07, 6.45) is 2.51. The molecule has 0 bridgehead atoms. The first-order chi connectivity index (χ1) is 12.6. The van der Waals surface area contributed by atoms with Gasteiger partial charge in [0.2, 0.25) is 5.91 Å². The van der Waals surface area contributed by atoms with Crippen molar-refractivity contribution in [2.75, 3.05) is 13.1 Å². The lowest BCUT2D eigenvalue weighted by atomic mass is 10.1. The molecule has 2 N–H and O–H groups in total. The Labute approximate surface area is 155 Å². The molecule has 0 fully saturated rings. The van der Waals surface area contributed by atoms with Crippen molar-refractivity contribution < 1.29 is 9.59 Å². The molecule has 0 saturated carbocycles. The van der Waals surface area contributed by atoms with Crippen LogP contribution in [-0.2, 0) is 11.3 Å². The fourth-order valence-electron chi connectivity index (χ4n) is 2.61. The molecule has 3 rings (SSSR count). The van der Waals surface area contributed by atoms with E-state index in [2.05, 4.69) is 20.7 Å². The molecule has 0 aromatic carbocycles. The summed E-state index contributed by atoms with van der Waals surface area (Å²) in [4.78, 5) is 30.0. The molecule has 3 aromatic rings. The highest BCUT2D eigenvalue weighted by Gasteiger charge is 2.16. The Bertz CT molecular complexity index is 917. The molecular formula is C18H21N5O2S. The Morgan fingerprint density at radius 3 is 2.88 bits per heavy atom. The van der Waals surface area contributed by atoms with Crippen molar-refractivity contribution in [2.24, 2.45) is 0 Å². The van der Waals surface area contributed by atoms with E-state index in [1.165, 1.54) is 0 Å². The average Bonchev–Trinajstić information content (AvgIpc) is 3.28. The summed E-state index contributed by atoms with van der Waals surface area (Å²) in [7, 11) is 0. The number of hydrogen-bond donors (Lipinski definition) is 2. The van der Waals surface area contributed by atoms with Gasteiger partial charge in [-0.25, -0.2) is 9.67 Å². The summed E-state index contributed by atoms with van der Waals surface area (Å²) in [5, 5.41) is 12.5. The number of aryl methyl sites for hydroxylation is 1. The Morgan fingerprint density at radius 1 is 1.31 bits per heavy atom. The fourth-order valence-corrected chi connectivity index (χ4v) is 3.30. The van der Waals surface area contributed by atoms with E-state index in [9.17, 15) is 9.59 Å². The quantitative estimate of drug-likeness (QED) is 0.666. The van der Waals surface area contributed by atoms with Gasteiger partial charge in [-0.2, -0.15) is 5.10 Å². The molecule has 136 valence electrons. The van der Waals surface area contributed by atoms with Gasteiger partial charge >= 0.3 is 0 Å². The van der Waals surface area contributed by atoms with Crippen LogP contribution < -0.4 is 10.6 Å². The van der Waals surface area contributed by atoms with Crippen LogP contribution in [0, 0.1) is 6.92 Å². The summed E-state index contributed by atoms with van der Waals surface area (Å²) < 4.78 is 1.79. The third-order valence-corrected chi connectivity index (χ3v) is 4.71. The Kier molecular flexibility index (Phi) is 5.62. The SMILES string of the molecule is CCCNC(=O)CNC(=O)c1cc(C)nc2c1cnn2Cc1cccs1. The summed E-state index contributed by atoms with van der Waals surface area (Å²) in [6, 6.07) is 5.75. The summed E-state index contributed by atoms with van der Waals surface area (Å²) in [5.74, 6) is -0.501. The van der Waals surface area contributed by atoms with Gasteiger partial charge in [-0.15, -0.1) is 11.3 Å². The van der Waals surface area contributed by atoms with Gasteiger partial charge in [0.1, 0.15) is 0 Å². The molecule has 0 aliphatic heterocycles. The van der Waals surface area contributed by atoms with E-state index in [-0.39, 0.29) is 18.4 Å². The number of pyridine rings is 1. The molecule has 2 amide bonds. The van der Waals surface area contributed by atoms with Crippen molar-refractivity contribution in [1.82, 2.24) is 25.4 Å². The highest BCUT2D eigenvalue weighted by atomic mass is 32.1. The zero-order valence-electron chi connectivity index (χ0n) is 14.8. The van der Waals surface area contributed by atoms with Crippen molar-refractivity contribution in [2.45, 2.75) is 26.8 Å². The van der Waals surface area contributed by atoms with E-state index >= 15 is 0 Å². The minimum atomic E-state index is -0.303. The van der Waals surface area contributed by atoms with Crippen LogP contribution in [-0.4, -0.2) is 39.7 Å². The Balaban J connectivity index is 1.81. The number of carbonyl (C=O) groups excluding carboxylic acids is 2. The summed E-state index contributed by atoms with van der Waals surface area (Å²) in [5.41, 5.74) is 1.87. The van der Waals surface area contributed by atoms with Crippen LogP contribution in [0.1, 0.15) is 34.3 Å². The van der Waals surface area contributed by atoms with Gasteiger partial charge < -0.3 is 10.6 Å². The third-order valence-electron chi connectivity index (χ3n) is 3.85. The van der Waals surface area contributed by atoms with E-state index in [1.807, 2.05) is 31.4 Å². The molecule has 0 aliphatic carbocycles. The number of fused-ring (bicyclic) bond motifs is 1. The predicted molar refractivity (Wildman–Crippen MR) is 101 cm³/mol. The average molecular weight is 371 g/mol. The van der Waals surface area contributed by atoms with Crippen LogP contribution in [0.4, 0.5) is 0 Å². The van der Waals surface area contributed by atoms with Crippen molar-refractivity contribution in [3.63, 3.8) is 0 Å². The van der Waals surface area contributed by atoms with Crippen molar-refractivity contribution in [3.8, 4) is 0 Å². The molecule has 0 radical (unpaired) electrons. The van der Waals surface area contributed by atoms with Gasteiger partial charge in [0.05, 0.1) is 30.2 Å². The van der Waals surface area contributed by atoms with Gasteiger partial charge in [0.25, 0.3) is 5.91 Å². The second kappa shape index (κ2) is 8.09. The van der Waals surface area contributed by atoms with E-state index in [0.29, 0.717) is 29.7 Å². The maximum atomic E-state index is 12.6. The van der Waals surface area contributed by atoms with Gasteiger partial charge in [0.15, 0.2) is 5.65 Å². The molecule has 8 heteroatoms. The van der Waals surface area contributed by atoms with Crippen LogP contribution in [0.3, 0.4) is 0 Å². The molecule has 7 nitrogen and oxygen atoms in total. The molecule has 0 unspecified atom stereocenters. The smallest absolute Gasteiger partial charge is 0.252 e. The van der Waals surface area contributed by atoms with E-state index < -0.39 is 0 Å². The second-order valence-electron chi connectivity index (χ2n) is 5.96. The minimum Gasteiger partial charge on any atom is -0.355 e. The van der Waals surface area contributed by atoms with Crippen LogP contribution >= 0.6 is 11.3 Å². The maximum Gasteiger partial charge on any atom is 0.252 e. The van der Waals surface area contributed by atoms with Crippen molar-refractivity contribution in [1.29, 1.82) is 0 Å². The predicted octanol–water partition coefficient (Wildman–Crippen LogP) is 2.11. The normalized spacial score (nSPS) is 10.8. The van der Waals surface area contributed by atoms with Gasteiger partial charge in [0, 0.05) is 17.1 Å². The third kappa shape index (κ3) is 4.08. The number of hydrogen-bond acceptors (Lipinski definition) is 5. The molecule has 0 aliphatic rings.